The molecular weight excluding hydrogens is 404 g/mol. The van der Waals surface area contributed by atoms with E-state index in [1.807, 2.05) is 47.5 Å². The number of pyridine rings is 1. The van der Waals surface area contributed by atoms with E-state index in [1.54, 1.807) is 12.4 Å². The molecule has 1 fully saturated rings. The molecule has 5 rings (SSSR count). The number of carbonyl (C=O) groups excluding carboxylic acids is 1. The lowest BCUT2D eigenvalue weighted by Crippen LogP contribution is -2.42. The van der Waals surface area contributed by atoms with Crippen LogP contribution in [0.25, 0.3) is 22.2 Å². The van der Waals surface area contributed by atoms with E-state index in [0.29, 0.717) is 32.5 Å². The van der Waals surface area contributed by atoms with E-state index in [0.717, 1.165) is 22.5 Å². The number of anilines is 1. The summed E-state index contributed by atoms with van der Waals surface area (Å²) >= 11 is 0. The van der Waals surface area contributed by atoms with Gasteiger partial charge in [0.25, 0.3) is 0 Å². The first-order valence-electron chi connectivity index (χ1n) is 10.7. The molecule has 0 unspecified atom stereocenters. The van der Waals surface area contributed by atoms with Gasteiger partial charge in [-0.15, -0.1) is 0 Å². The predicted molar refractivity (Wildman–Crippen MR) is 122 cm³/mol. The summed E-state index contributed by atoms with van der Waals surface area (Å²) in [6.07, 6.45) is 6.19. The SMILES string of the molecule is Nc1ncc(-c2cccc([C@@H]3CN(C(=O)CCc4c[nH]c5ccccc45)CCO3)n2)cn1. The number of amides is 1. The molecule has 0 saturated carbocycles. The second-order valence-electron chi connectivity index (χ2n) is 7.84. The Labute approximate surface area is 185 Å². The van der Waals surface area contributed by atoms with Crippen molar-refractivity contribution in [1.29, 1.82) is 0 Å². The molecule has 1 amide bonds. The number of carbonyl (C=O) groups is 1. The van der Waals surface area contributed by atoms with E-state index in [1.165, 1.54) is 10.9 Å². The van der Waals surface area contributed by atoms with Gasteiger partial charge in [-0.25, -0.2) is 15.0 Å². The minimum atomic E-state index is -0.268. The molecule has 4 aromatic rings. The Bertz CT molecular complexity index is 1240. The molecule has 4 heterocycles. The Balaban J connectivity index is 1.25. The summed E-state index contributed by atoms with van der Waals surface area (Å²) in [6, 6.07) is 13.9. The third kappa shape index (κ3) is 4.17. The molecule has 162 valence electrons. The number of hydrogen-bond acceptors (Lipinski definition) is 6. The number of H-pyrrole nitrogens is 1. The van der Waals surface area contributed by atoms with Crippen LogP contribution in [-0.4, -0.2) is 50.4 Å². The zero-order valence-electron chi connectivity index (χ0n) is 17.6. The normalized spacial score (nSPS) is 16.4. The lowest BCUT2D eigenvalue weighted by atomic mass is 10.1. The highest BCUT2D eigenvalue weighted by Crippen LogP contribution is 2.25. The third-order valence-electron chi connectivity index (χ3n) is 5.77. The van der Waals surface area contributed by atoms with Crippen molar-refractivity contribution in [3.8, 4) is 11.3 Å². The van der Waals surface area contributed by atoms with Gasteiger partial charge >= 0.3 is 0 Å². The van der Waals surface area contributed by atoms with Gasteiger partial charge in [-0.2, -0.15) is 0 Å². The third-order valence-corrected chi connectivity index (χ3v) is 5.77. The standard InChI is InChI=1S/C24H24N6O2/c25-24-27-13-17(14-28-24)19-6-3-7-21(29-19)22-15-30(10-11-32-22)23(31)9-8-16-12-26-20-5-2-1-4-18(16)20/h1-7,12-14,22,26H,8-11,15H2,(H2,25,27,28)/t22-/m0/s1. The van der Waals surface area contributed by atoms with E-state index in [-0.39, 0.29) is 18.0 Å². The highest BCUT2D eigenvalue weighted by molar-refractivity contribution is 5.84. The summed E-state index contributed by atoms with van der Waals surface area (Å²) in [4.78, 5) is 30.9. The van der Waals surface area contributed by atoms with Gasteiger partial charge in [-0.3, -0.25) is 4.79 Å². The van der Waals surface area contributed by atoms with Crippen molar-refractivity contribution in [3.05, 3.63) is 72.3 Å². The molecule has 0 aliphatic carbocycles. The van der Waals surface area contributed by atoms with E-state index in [4.69, 9.17) is 15.5 Å². The van der Waals surface area contributed by atoms with Crippen molar-refractivity contribution in [2.24, 2.45) is 0 Å². The fourth-order valence-corrected chi connectivity index (χ4v) is 4.05. The predicted octanol–water partition coefficient (Wildman–Crippen LogP) is 3.13. The lowest BCUT2D eigenvalue weighted by molar-refractivity contribution is -0.139. The molecule has 1 atom stereocenters. The largest absolute Gasteiger partial charge is 0.368 e. The van der Waals surface area contributed by atoms with Crippen molar-refractivity contribution in [2.75, 3.05) is 25.4 Å². The van der Waals surface area contributed by atoms with Gasteiger partial charge in [0.1, 0.15) is 6.10 Å². The van der Waals surface area contributed by atoms with Crippen LogP contribution in [0.5, 0.6) is 0 Å². The van der Waals surface area contributed by atoms with Gasteiger partial charge in [-0.05, 0) is 30.2 Å². The monoisotopic (exact) mass is 428 g/mol. The second-order valence-corrected chi connectivity index (χ2v) is 7.84. The van der Waals surface area contributed by atoms with Crippen LogP contribution in [0.15, 0.2) is 61.1 Å². The van der Waals surface area contributed by atoms with E-state index >= 15 is 0 Å². The van der Waals surface area contributed by atoms with Crippen molar-refractivity contribution >= 4 is 22.8 Å². The van der Waals surface area contributed by atoms with E-state index in [2.05, 4.69) is 21.0 Å². The summed E-state index contributed by atoms with van der Waals surface area (Å²) in [6.45, 7) is 1.57. The number of benzene rings is 1. The number of para-hydroxylation sites is 1. The maximum atomic E-state index is 12.9. The van der Waals surface area contributed by atoms with Crippen LogP contribution < -0.4 is 5.73 Å². The number of morpholine rings is 1. The van der Waals surface area contributed by atoms with Gasteiger partial charge in [0.2, 0.25) is 11.9 Å². The number of fused-ring (bicyclic) bond motifs is 1. The van der Waals surface area contributed by atoms with Crippen LogP contribution in [0.1, 0.15) is 23.8 Å². The summed E-state index contributed by atoms with van der Waals surface area (Å²) in [5.41, 5.74) is 10.1. The van der Waals surface area contributed by atoms with Crippen molar-refractivity contribution < 1.29 is 9.53 Å². The number of nitrogen functional groups attached to an aromatic ring is 1. The topological polar surface area (TPSA) is 110 Å². The number of nitrogens with two attached hydrogens (primary N) is 1. The summed E-state index contributed by atoms with van der Waals surface area (Å²) in [5.74, 6) is 0.356. The maximum Gasteiger partial charge on any atom is 0.223 e. The zero-order chi connectivity index (χ0) is 21.9. The van der Waals surface area contributed by atoms with Gasteiger partial charge in [-0.1, -0.05) is 24.3 Å². The maximum absolute atomic E-state index is 12.9. The van der Waals surface area contributed by atoms with E-state index < -0.39 is 0 Å². The van der Waals surface area contributed by atoms with Gasteiger partial charge in [0, 0.05) is 48.0 Å². The number of aryl methyl sites for hydroxylation is 1. The Morgan fingerprint density at radius 1 is 1.16 bits per heavy atom. The quantitative estimate of drug-likeness (QED) is 0.505. The average Bonchev–Trinajstić information content (AvgIpc) is 3.26. The Morgan fingerprint density at radius 2 is 2.00 bits per heavy atom. The first-order valence-corrected chi connectivity index (χ1v) is 10.7. The molecule has 1 aliphatic rings. The van der Waals surface area contributed by atoms with Crippen LogP contribution >= 0.6 is 0 Å². The number of aromatic nitrogens is 4. The molecule has 8 nitrogen and oxygen atoms in total. The number of ether oxygens (including phenoxy) is 1. The Hall–Kier alpha value is -3.78. The molecule has 1 aliphatic heterocycles. The highest BCUT2D eigenvalue weighted by atomic mass is 16.5. The van der Waals surface area contributed by atoms with Crippen molar-refractivity contribution in [2.45, 2.75) is 18.9 Å². The number of nitrogens with zero attached hydrogens (tertiary/aromatic N) is 4. The summed E-state index contributed by atoms with van der Waals surface area (Å²) < 4.78 is 5.95. The molecule has 0 radical (unpaired) electrons. The van der Waals surface area contributed by atoms with Crippen LogP contribution in [0.3, 0.4) is 0 Å². The van der Waals surface area contributed by atoms with Crippen LogP contribution in [0.2, 0.25) is 0 Å². The number of aromatic amines is 1. The van der Waals surface area contributed by atoms with E-state index in [9.17, 15) is 4.79 Å². The van der Waals surface area contributed by atoms with Gasteiger partial charge < -0.3 is 20.4 Å². The average molecular weight is 428 g/mol. The molecule has 1 saturated heterocycles. The number of nitrogens with one attached hydrogen (secondary N) is 1. The number of rotatable bonds is 5. The minimum Gasteiger partial charge on any atom is -0.368 e. The number of hydrogen-bond donors (Lipinski definition) is 2. The van der Waals surface area contributed by atoms with Crippen LogP contribution in [-0.2, 0) is 16.0 Å². The molecule has 3 N–H and O–H groups in total. The van der Waals surface area contributed by atoms with Crippen molar-refractivity contribution in [1.82, 2.24) is 24.8 Å². The zero-order valence-corrected chi connectivity index (χ0v) is 17.6. The molecular formula is C24H24N6O2. The summed E-state index contributed by atoms with van der Waals surface area (Å²) in [7, 11) is 0. The molecule has 0 spiro atoms. The van der Waals surface area contributed by atoms with Gasteiger partial charge in [0.15, 0.2) is 0 Å². The molecule has 3 aromatic heterocycles. The lowest BCUT2D eigenvalue weighted by Gasteiger charge is -2.33. The Morgan fingerprint density at radius 3 is 2.88 bits per heavy atom. The van der Waals surface area contributed by atoms with Gasteiger partial charge in [0.05, 0.1) is 24.5 Å². The molecule has 1 aromatic carbocycles. The minimum absolute atomic E-state index is 0.131. The van der Waals surface area contributed by atoms with Crippen LogP contribution in [0, 0.1) is 0 Å². The second kappa shape index (κ2) is 8.76. The first kappa shape index (κ1) is 20.1. The molecule has 8 heteroatoms. The Kier molecular flexibility index (Phi) is 5.51. The highest BCUT2D eigenvalue weighted by Gasteiger charge is 2.26. The first-order chi connectivity index (χ1) is 15.7. The van der Waals surface area contributed by atoms with Crippen LogP contribution in [0.4, 0.5) is 5.95 Å². The summed E-state index contributed by atoms with van der Waals surface area (Å²) in [5, 5.41) is 1.17. The molecule has 0 bridgehead atoms. The van der Waals surface area contributed by atoms with Crippen molar-refractivity contribution in [3.63, 3.8) is 0 Å². The smallest absolute Gasteiger partial charge is 0.223 e. The fraction of sp³-hybridized carbons (Fsp3) is 0.250. The molecule has 32 heavy (non-hydrogen) atoms. The fourth-order valence-electron chi connectivity index (χ4n) is 4.05.